The van der Waals surface area contributed by atoms with E-state index in [1.165, 1.54) is 0 Å². The van der Waals surface area contributed by atoms with Crippen LogP contribution in [0.1, 0.15) is 68.9 Å². The summed E-state index contributed by atoms with van der Waals surface area (Å²) < 4.78 is 0. The summed E-state index contributed by atoms with van der Waals surface area (Å²) in [5.74, 6) is 0.553. The summed E-state index contributed by atoms with van der Waals surface area (Å²) in [4.78, 5) is 30.7. The van der Waals surface area contributed by atoms with Crippen LogP contribution < -0.4 is 5.69 Å². The fourth-order valence-electron chi connectivity index (χ4n) is 5.39. The minimum absolute atomic E-state index is 0.00570. The normalized spacial score (nSPS) is 23.0. The van der Waals surface area contributed by atoms with E-state index >= 15 is 0 Å². The third kappa shape index (κ3) is 4.80. The van der Waals surface area contributed by atoms with E-state index in [0.717, 1.165) is 24.0 Å². The molecule has 1 amide bonds. The van der Waals surface area contributed by atoms with Gasteiger partial charge in [-0.25, -0.2) is 9.89 Å². The van der Waals surface area contributed by atoms with Crippen molar-refractivity contribution in [2.45, 2.75) is 64.5 Å². The zero-order valence-corrected chi connectivity index (χ0v) is 21.2. The van der Waals surface area contributed by atoms with Crippen molar-refractivity contribution in [3.8, 4) is 0 Å². The predicted molar refractivity (Wildman–Crippen MR) is 135 cm³/mol. The molecular formula is C26H30Cl2N4O2. The highest BCUT2D eigenvalue weighted by Gasteiger charge is 2.51. The van der Waals surface area contributed by atoms with Crippen molar-refractivity contribution in [1.29, 1.82) is 0 Å². The maximum absolute atomic E-state index is 14.3. The lowest BCUT2D eigenvalue weighted by atomic mass is 9.66. The van der Waals surface area contributed by atoms with Crippen LogP contribution in [0.15, 0.2) is 53.3 Å². The van der Waals surface area contributed by atoms with Gasteiger partial charge in [-0.15, -0.1) is 0 Å². The van der Waals surface area contributed by atoms with Crippen LogP contribution in [-0.2, 0) is 11.2 Å². The number of aromatic amines is 2. The van der Waals surface area contributed by atoms with Crippen molar-refractivity contribution in [1.82, 2.24) is 20.1 Å². The standard InChI is InChI=1S/C26H30Cl2N4O2/c1-4-20(5-2)32-23(16-9-11-18(27)12-10-16)21(17-7-6-8-19(28)13-17)14-26(3,24(32)33)15-22-29-25(34)31-30-22/h6-13,20-21,23H,4-5,14-15H2,1-3H3,(H2,29,30,31,34)/t21?,23-,26-/m1/s1. The number of carbonyl (C=O) groups excluding carboxylic acids is 1. The number of hydrogen-bond acceptors (Lipinski definition) is 3. The smallest absolute Gasteiger partial charge is 0.332 e. The number of rotatable bonds is 7. The molecule has 1 fully saturated rings. The van der Waals surface area contributed by atoms with Gasteiger partial charge in [-0.1, -0.05) is 68.2 Å². The average Bonchev–Trinajstić information content (AvgIpc) is 3.22. The van der Waals surface area contributed by atoms with E-state index in [9.17, 15) is 9.59 Å². The van der Waals surface area contributed by atoms with Gasteiger partial charge in [0.2, 0.25) is 5.91 Å². The first-order valence-corrected chi connectivity index (χ1v) is 12.5. The topological polar surface area (TPSA) is 81.8 Å². The number of benzene rings is 2. The monoisotopic (exact) mass is 500 g/mol. The first-order valence-electron chi connectivity index (χ1n) is 11.7. The molecule has 1 aliphatic heterocycles. The number of H-pyrrole nitrogens is 2. The van der Waals surface area contributed by atoms with Crippen molar-refractivity contribution >= 4 is 29.1 Å². The number of amides is 1. The zero-order valence-electron chi connectivity index (χ0n) is 19.6. The van der Waals surface area contributed by atoms with Gasteiger partial charge in [-0.3, -0.25) is 9.78 Å². The average molecular weight is 501 g/mol. The van der Waals surface area contributed by atoms with Crippen molar-refractivity contribution in [3.63, 3.8) is 0 Å². The van der Waals surface area contributed by atoms with Gasteiger partial charge in [0.15, 0.2) is 0 Å². The highest BCUT2D eigenvalue weighted by molar-refractivity contribution is 6.30. The summed E-state index contributed by atoms with van der Waals surface area (Å²) in [6.07, 6.45) is 2.60. The zero-order chi connectivity index (χ0) is 24.5. The largest absolute Gasteiger partial charge is 0.340 e. The fourth-order valence-corrected chi connectivity index (χ4v) is 5.71. The van der Waals surface area contributed by atoms with Gasteiger partial charge in [0.1, 0.15) is 5.82 Å². The molecule has 0 aliphatic carbocycles. The molecule has 2 heterocycles. The van der Waals surface area contributed by atoms with Crippen LogP contribution in [0.4, 0.5) is 0 Å². The Morgan fingerprint density at radius 3 is 2.35 bits per heavy atom. The molecule has 0 saturated carbocycles. The van der Waals surface area contributed by atoms with Gasteiger partial charge in [-0.05, 0) is 54.7 Å². The Balaban J connectivity index is 1.88. The van der Waals surface area contributed by atoms with Crippen LogP contribution in [-0.4, -0.2) is 32.0 Å². The van der Waals surface area contributed by atoms with E-state index in [4.69, 9.17) is 23.2 Å². The Kier molecular flexibility index (Phi) is 7.20. The van der Waals surface area contributed by atoms with Gasteiger partial charge in [0, 0.05) is 28.4 Å². The van der Waals surface area contributed by atoms with Crippen LogP contribution in [0.5, 0.6) is 0 Å². The number of likely N-dealkylation sites (tertiary alicyclic amines) is 1. The molecule has 3 atom stereocenters. The number of aromatic nitrogens is 3. The van der Waals surface area contributed by atoms with Gasteiger partial charge in [-0.2, -0.15) is 5.10 Å². The maximum Gasteiger partial charge on any atom is 0.340 e. The van der Waals surface area contributed by atoms with Gasteiger partial charge >= 0.3 is 5.69 Å². The molecule has 1 aromatic heterocycles. The summed E-state index contributed by atoms with van der Waals surface area (Å²) in [7, 11) is 0. The molecule has 0 spiro atoms. The molecule has 0 bridgehead atoms. The first kappa shape index (κ1) is 24.6. The lowest BCUT2D eigenvalue weighted by Crippen LogP contribution is -2.56. The van der Waals surface area contributed by atoms with Gasteiger partial charge < -0.3 is 4.90 Å². The van der Waals surface area contributed by atoms with Crippen molar-refractivity contribution < 1.29 is 4.79 Å². The van der Waals surface area contributed by atoms with Crippen LogP contribution in [0.2, 0.25) is 10.0 Å². The summed E-state index contributed by atoms with van der Waals surface area (Å²) in [5.41, 5.74) is 1.00. The van der Waals surface area contributed by atoms with Crippen LogP contribution in [0.25, 0.3) is 0 Å². The molecule has 2 N–H and O–H groups in total. The van der Waals surface area contributed by atoms with E-state index in [0.29, 0.717) is 28.7 Å². The summed E-state index contributed by atoms with van der Waals surface area (Å²) in [5, 5.41) is 7.84. The second kappa shape index (κ2) is 9.96. The SMILES string of the molecule is CCC(CC)N1C(=O)[C@@](C)(Cc2n[nH]c(=O)[nH]2)CC(c2cccc(Cl)c2)[C@H]1c1ccc(Cl)cc1. The molecule has 1 unspecified atom stereocenters. The molecule has 2 aromatic carbocycles. The molecule has 34 heavy (non-hydrogen) atoms. The highest BCUT2D eigenvalue weighted by Crippen LogP contribution is 2.52. The molecule has 1 aliphatic rings. The Hall–Kier alpha value is -2.57. The Morgan fingerprint density at radius 1 is 1.06 bits per heavy atom. The molecule has 3 aromatic rings. The van der Waals surface area contributed by atoms with E-state index in [-0.39, 0.29) is 29.6 Å². The fraction of sp³-hybridized carbons (Fsp3) is 0.423. The summed E-state index contributed by atoms with van der Waals surface area (Å²) in [6, 6.07) is 15.6. The van der Waals surface area contributed by atoms with E-state index in [1.54, 1.807) is 0 Å². The predicted octanol–water partition coefficient (Wildman–Crippen LogP) is 5.90. The Labute approximate surface area is 209 Å². The molecular weight excluding hydrogens is 471 g/mol. The molecule has 8 heteroatoms. The van der Waals surface area contributed by atoms with Crippen LogP contribution >= 0.6 is 23.2 Å². The number of hydrogen-bond donors (Lipinski definition) is 2. The van der Waals surface area contributed by atoms with E-state index < -0.39 is 5.41 Å². The molecule has 1 saturated heterocycles. The van der Waals surface area contributed by atoms with Crippen molar-refractivity contribution in [3.05, 3.63) is 86.0 Å². The molecule has 6 nitrogen and oxygen atoms in total. The van der Waals surface area contributed by atoms with Crippen molar-refractivity contribution in [2.75, 3.05) is 0 Å². The van der Waals surface area contributed by atoms with Crippen LogP contribution in [0, 0.1) is 5.41 Å². The lowest BCUT2D eigenvalue weighted by molar-refractivity contribution is -0.155. The maximum atomic E-state index is 14.3. The number of nitrogens with zero attached hydrogens (tertiary/aromatic N) is 2. The Bertz CT molecular complexity index is 1200. The first-order chi connectivity index (χ1) is 16.3. The lowest BCUT2D eigenvalue weighted by Gasteiger charge is -2.52. The summed E-state index contributed by atoms with van der Waals surface area (Å²) in [6.45, 7) is 6.21. The number of halogens is 2. The minimum atomic E-state index is -0.753. The van der Waals surface area contributed by atoms with Gasteiger partial charge in [0.25, 0.3) is 0 Å². The quantitative estimate of drug-likeness (QED) is 0.423. The minimum Gasteiger partial charge on any atom is -0.332 e. The number of piperidine rings is 1. The second-order valence-corrected chi connectivity index (χ2v) is 10.3. The number of nitrogens with one attached hydrogen (secondary N) is 2. The third-order valence-corrected chi connectivity index (χ3v) is 7.52. The van der Waals surface area contributed by atoms with Crippen LogP contribution in [0.3, 0.4) is 0 Å². The highest BCUT2D eigenvalue weighted by atomic mass is 35.5. The van der Waals surface area contributed by atoms with Crippen molar-refractivity contribution in [2.24, 2.45) is 5.41 Å². The Morgan fingerprint density at radius 2 is 1.76 bits per heavy atom. The van der Waals surface area contributed by atoms with E-state index in [1.807, 2.05) is 49.4 Å². The second-order valence-electron chi connectivity index (χ2n) is 9.41. The third-order valence-electron chi connectivity index (χ3n) is 7.03. The summed E-state index contributed by atoms with van der Waals surface area (Å²) >= 11 is 12.6. The molecule has 180 valence electrons. The molecule has 4 rings (SSSR count). The van der Waals surface area contributed by atoms with Gasteiger partial charge in [0.05, 0.1) is 11.5 Å². The molecule has 0 radical (unpaired) electrons. The van der Waals surface area contributed by atoms with E-state index in [2.05, 4.69) is 40.0 Å². The number of carbonyl (C=O) groups is 1.